The van der Waals surface area contributed by atoms with Crippen LogP contribution in [0.1, 0.15) is 5.56 Å². The highest BCUT2D eigenvalue weighted by molar-refractivity contribution is 5.95. The Bertz CT molecular complexity index is 888. The van der Waals surface area contributed by atoms with E-state index in [9.17, 15) is 0 Å². The van der Waals surface area contributed by atoms with Gasteiger partial charge in [0.2, 0.25) is 0 Å². The van der Waals surface area contributed by atoms with Crippen LogP contribution in [-0.2, 0) is 0 Å². The first-order valence-corrected chi connectivity index (χ1v) is 6.72. The van der Waals surface area contributed by atoms with Crippen molar-refractivity contribution in [3.63, 3.8) is 0 Å². The number of aromatic nitrogens is 5. The summed E-state index contributed by atoms with van der Waals surface area (Å²) in [7, 11) is 0. The summed E-state index contributed by atoms with van der Waals surface area (Å²) in [5, 5.41) is 15.4. The SMILES string of the molecule is Cc1ccc(-c2n[nH]c3ccc(-c4ncn[nH]4)cc23)cc1. The molecule has 0 aliphatic rings. The molecule has 0 spiro atoms. The first-order chi connectivity index (χ1) is 10.3. The molecule has 2 aromatic heterocycles. The zero-order valence-corrected chi connectivity index (χ0v) is 11.5. The molecule has 0 saturated heterocycles. The van der Waals surface area contributed by atoms with Crippen molar-refractivity contribution >= 4 is 10.9 Å². The fourth-order valence-electron chi connectivity index (χ4n) is 2.44. The number of nitrogens with one attached hydrogen (secondary N) is 2. The van der Waals surface area contributed by atoms with Gasteiger partial charge in [0.1, 0.15) is 6.33 Å². The molecule has 5 heteroatoms. The van der Waals surface area contributed by atoms with Crippen LogP contribution in [0.5, 0.6) is 0 Å². The van der Waals surface area contributed by atoms with Crippen LogP contribution in [0.2, 0.25) is 0 Å². The van der Waals surface area contributed by atoms with Crippen LogP contribution in [0.3, 0.4) is 0 Å². The number of fused-ring (bicyclic) bond motifs is 1. The number of aromatic amines is 2. The van der Waals surface area contributed by atoms with E-state index in [-0.39, 0.29) is 0 Å². The van der Waals surface area contributed by atoms with Crippen molar-refractivity contribution in [1.29, 1.82) is 0 Å². The molecule has 0 aliphatic heterocycles. The van der Waals surface area contributed by atoms with Gasteiger partial charge in [-0.3, -0.25) is 10.2 Å². The number of H-pyrrole nitrogens is 2. The fraction of sp³-hybridized carbons (Fsp3) is 0.0625. The normalized spacial score (nSPS) is 11.1. The smallest absolute Gasteiger partial charge is 0.155 e. The quantitative estimate of drug-likeness (QED) is 0.589. The molecule has 2 N–H and O–H groups in total. The van der Waals surface area contributed by atoms with Crippen molar-refractivity contribution in [3.8, 4) is 22.6 Å². The lowest BCUT2D eigenvalue weighted by Gasteiger charge is -2.00. The van der Waals surface area contributed by atoms with Crippen molar-refractivity contribution < 1.29 is 0 Å². The number of nitrogens with zero attached hydrogens (tertiary/aromatic N) is 3. The van der Waals surface area contributed by atoms with Gasteiger partial charge in [-0.2, -0.15) is 10.2 Å². The van der Waals surface area contributed by atoms with E-state index >= 15 is 0 Å². The minimum Gasteiger partial charge on any atom is -0.277 e. The first-order valence-electron chi connectivity index (χ1n) is 6.72. The van der Waals surface area contributed by atoms with Crippen molar-refractivity contribution in [1.82, 2.24) is 25.4 Å². The van der Waals surface area contributed by atoms with Gasteiger partial charge in [-0.25, -0.2) is 4.98 Å². The number of rotatable bonds is 2. The Labute approximate surface area is 121 Å². The Balaban J connectivity index is 1.90. The van der Waals surface area contributed by atoms with E-state index in [0.29, 0.717) is 0 Å². The first kappa shape index (κ1) is 11.8. The zero-order chi connectivity index (χ0) is 14.2. The summed E-state index contributed by atoms with van der Waals surface area (Å²) >= 11 is 0. The van der Waals surface area contributed by atoms with Gasteiger partial charge in [0.15, 0.2) is 5.82 Å². The highest BCUT2D eigenvalue weighted by Crippen LogP contribution is 2.29. The second-order valence-corrected chi connectivity index (χ2v) is 5.03. The highest BCUT2D eigenvalue weighted by atomic mass is 15.2. The lowest BCUT2D eigenvalue weighted by molar-refractivity contribution is 1.10. The third-order valence-electron chi connectivity index (χ3n) is 3.58. The third-order valence-corrected chi connectivity index (χ3v) is 3.58. The van der Waals surface area contributed by atoms with Gasteiger partial charge in [-0.05, 0) is 25.1 Å². The summed E-state index contributed by atoms with van der Waals surface area (Å²) in [5.74, 6) is 0.757. The Hall–Kier alpha value is -2.95. The van der Waals surface area contributed by atoms with Gasteiger partial charge in [0.25, 0.3) is 0 Å². The molecule has 0 atom stereocenters. The molecule has 0 unspecified atom stereocenters. The minimum atomic E-state index is 0.757. The van der Waals surface area contributed by atoms with Gasteiger partial charge in [0, 0.05) is 16.5 Å². The number of hydrogen-bond acceptors (Lipinski definition) is 3. The fourth-order valence-corrected chi connectivity index (χ4v) is 2.44. The largest absolute Gasteiger partial charge is 0.277 e. The summed E-state index contributed by atoms with van der Waals surface area (Å²) in [5.41, 5.74) is 5.29. The van der Waals surface area contributed by atoms with Crippen molar-refractivity contribution in [2.75, 3.05) is 0 Å². The Kier molecular flexibility index (Phi) is 2.57. The van der Waals surface area contributed by atoms with Crippen LogP contribution in [0.25, 0.3) is 33.5 Å². The Morgan fingerprint density at radius 3 is 2.48 bits per heavy atom. The monoisotopic (exact) mass is 275 g/mol. The van der Waals surface area contributed by atoms with E-state index in [1.54, 1.807) is 0 Å². The summed E-state index contributed by atoms with van der Waals surface area (Å²) in [6.45, 7) is 2.08. The summed E-state index contributed by atoms with van der Waals surface area (Å²) < 4.78 is 0. The van der Waals surface area contributed by atoms with Crippen molar-refractivity contribution in [3.05, 3.63) is 54.4 Å². The van der Waals surface area contributed by atoms with Crippen LogP contribution in [-0.4, -0.2) is 25.4 Å². The zero-order valence-electron chi connectivity index (χ0n) is 11.5. The molecular weight excluding hydrogens is 262 g/mol. The maximum Gasteiger partial charge on any atom is 0.155 e. The molecule has 0 aliphatic carbocycles. The lowest BCUT2D eigenvalue weighted by Crippen LogP contribution is -1.82. The van der Waals surface area contributed by atoms with Gasteiger partial charge in [-0.1, -0.05) is 29.8 Å². The van der Waals surface area contributed by atoms with E-state index in [4.69, 9.17) is 0 Å². The molecular formula is C16H13N5. The topological polar surface area (TPSA) is 70.2 Å². The molecule has 2 heterocycles. The van der Waals surface area contributed by atoms with Gasteiger partial charge >= 0.3 is 0 Å². The van der Waals surface area contributed by atoms with Gasteiger partial charge < -0.3 is 0 Å². The second kappa shape index (κ2) is 4.56. The van der Waals surface area contributed by atoms with Crippen LogP contribution in [0.4, 0.5) is 0 Å². The second-order valence-electron chi connectivity index (χ2n) is 5.03. The molecule has 0 amide bonds. The Morgan fingerprint density at radius 1 is 0.905 bits per heavy atom. The third kappa shape index (κ3) is 1.99. The standard InChI is InChI=1S/C16H13N5/c1-10-2-4-11(5-3-10)15-13-8-12(16-17-9-18-21-16)6-7-14(13)19-20-15/h2-9H,1H3,(H,19,20)(H,17,18,21). The molecule has 4 aromatic rings. The summed E-state index contributed by atoms with van der Waals surface area (Å²) in [6.07, 6.45) is 1.51. The average molecular weight is 275 g/mol. The van der Waals surface area contributed by atoms with Gasteiger partial charge in [0.05, 0.1) is 11.2 Å². The molecule has 0 fully saturated rings. The average Bonchev–Trinajstić information content (AvgIpc) is 3.17. The van der Waals surface area contributed by atoms with E-state index in [1.807, 2.05) is 12.1 Å². The van der Waals surface area contributed by atoms with Gasteiger partial charge in [-0.15, -0.1) is 0 Å². The van der Waals surface area contributed by atoms with Crippen LogP contribution in [0, 0.1) is 6.92 Å². The molecule has 5 nitrogen and oxygen atoms in total. The number of hydrogen-bond donors (Lipinski definition) is 2. The predicted octanol–water partition coefficient (Wildman–Crippen LogP) is 3.32. The molecule has 0 bridgehead atoms. The highest BCUT2D eigenvalue weighted by Gasteiger charge is 2.10. The van der Waals surface area contributed by atoms with Crippen LogP contribution >= 0.6 is 0 Å². The molecule has 4 rings (SSSR count). The van der Waals surface area contributed by atoms with E-state index < -0.39 is 0 Å². The van der Waals surface area contributed by atoms with Crippen LogP contribution < -0.4 is 0 Å². The molecule has 2 aromatic carbocycles. The maximum absolute atomic E-state index is 4.45. The molecule has 21 heavy (non-hydrogen) atoms. The summed E-state index contributed by atoms with van der Waals surface area (Å²) in [4.78, 5) is 4.19. The van der Waals surface area contributed by atoms with Crippen LogP contribution in [0.15, 0.2) is 48.8 Å². The summed E-state index contributed by atoms with van der Waals surface area (Å²) in [6, 6.07) is 14.5. The molecule has 0 radical (unpaired) electrons. The van der Waals surface area contributed by atoms with Crippen molar-refractivity contribution in [2.45, 2.75) is 6.92 Å². The predicted molar refractivity (Wildman–Crippen MR) is 81.6 cm³/mol. The maximum atomic E-state index is 4.45. The van der Waals surface area contributed by atoms with E-state index in [2.05, 4.69) is 62.6 Å². The Morgan fingerprint density at radius 2 is 1.71 bits per heavy atom. The molecule has 102 valence electrons. The minimum absolute atomic E-state index is 0.757. The van der Waals surface area contributed by atoms with E-state index in [0.717, 1.165) is 33.5 Å². The lowest BCUT2D eigenvalue weighted by atomic mass is 10.0. The number of aryl methyl sites for hydroxylation is 1. The number of benzene rings is 2. The molecule has 0 saturated carbocycles. The van der Waals surface area contributed by atoms with Crippen molar-refractivity contribution in [2.24, 2.45) is 0 Å². The van der Waals surface area contributed by atoms with E-state index in [1.165, 1.54) is 11.9 Å².